The highest BCUT2D eigenvalue weighted by Gasteiger charge is 2.25. The van der Waals surface area contributed by atoms with E-state index in [1.54, 1.807) is 0 Å². The molecule has 2 N–H and O–H groups in total. The van der Waals surface area contributed by atoms with Crippen LogP contribution < -0.4 is 10.6 Å². The fraction of sp³-hybridized carbons (Fsp3) is 0.733. The number of thiazole rings is 1. The molecule has 0 bridgehead atoms. The summed E-state index contributed by atoms with van der Waals surface area (Å²) < 4.78 is 0. The predicted molar refractivity (Wildman–Crippen MR) is 86.9 cm³/mol. The van der Waals surface area contributed by atoms with E-state index in [0.717, 1.165) is 24.8 Å². The molecule has 3 rings (SSSR count). The summed E-state index contributed by atoms with van der Waals surface area (Å²) in [5, 5.41) is 0.905. The van der Waals surface area contributed by atoms with Crippen molar-refractivity contribution in [2.24, 2.45) is 5.92 Å². The van der Waals surface area contributed by atoms with E-state index in [1.807, 2.05) is 11.9 Å². The van der Waals surface area contributed by atoms with Crippen LogP contribution >= 0.6 is 11.3 Å². The van der Waals surface area contributed by atoms with Gasteiger partial charge >= 0.3 is 0 Å². The van der Waals surface area contributed by atoms with E-state index < -0.39 is 0 Å². The zero-order valence-corrected chi connectivity index (χ0v) is 13.5. The molecule has 2 heterocycles. The Morgan fingerprint density at radius 3 is 2.67 bits per heavy atom. The highest BCUT2D eigenvalue weighted by atomic mass is 32.1. The topological polar surface area (TPSA) is 62.5 Å². The van der Waals surface area contributed by atoms with E-state index in [1.165, 1.54) is 49.9 Å². The number of rotatable bonds is 4. The molecular formula is C15H24N4OS. The molecule has 1 aromatic rings. The first-order valence-corrected chi connectivity index (χ1v) is 8.73. The summed E-state index contributed by atoms with van der Waals surface area (Å²) in [5.74, 6) is 1.08. The molecule has 0 spiro atoms. The number of hydrogen-bond acceptors (Lipinski definition) is 5. The summed E-state index contributed by atoms with van der Waals surface area (Å²) in [7, 11) is 1.88. The average molecular weight is 308 g/mol. The maximum absolute atomic E-state index is 12.6. The quantitative estimate of drug-likeness (QED) is 0.928. The Kier molecular flexibility index (Phi) is 4.33. The third kappa shape index (κ3) is 3.15. The fourth-order valence-corrected chi connectivity index (χ4v) is 4.39. The number of anilines is 2. The van der Waals surface area contributed by atoms with Crippen molar-refractivity contribution in [3.05, 3.63) is 4.88 Å². The van der Waals surface area contributed by atoms with E-state index in [9.17, 15) is 4.79 Å². The number of carbonyl (C=O) groups excluding carboxylic acids is 1. The van der Waals surface area contributed by atoms with Gasteiger partial charge in [0.2, 0.25) is 0 Å². The Labute approximate surface area is 130 Å². The van der Waals surface area contributed by atoms with E-state index in [4.69, 9.17) is 5.73 Å². The van der Waals surface area contributed by atoms with Crippen LogP contribution in [0, 0.1) is 5.92 Å². The van der Waals surface area contributed by atoms with E-state index in [2.05, 4.69) is 9.88 Å². The Bertz CT molecular complexity index is 504. The second-order valence-electron chi connectivity index (χ2n) is 6.24. The third-order valence-corrected chi connectivity index (χ3v) is 5.69. The number of carbonyl (C=O) groups is 1. The molecule has 2 aliphatic rings. The van der Waals surface area contributed by atoms with Crippen LogP contribution in [0.5, 0.6) is 0 Å². The van der Waals surface area contributed by atoms with Gasteiger partial charge in [0.1, 0.15) is 10.7 Å². The summed E-state index contributed by atoms with van der Waals surface area (Å²) in [5.41, 5.74) is 5.98. The Hall–Kier alpha value is -1.30. The minimum absolute atomic E-state index is 0.0300. The summed E-state index contributed by atoms with van der Waals surface area (Å²) in [6.45, 7) is 2.90. The van der Waals surface area contributed by atoms with Crippen LogP contribution in [-0.4, -0.2) is 42.5 Å². The van der Waals surface area contributed by atoms with Crippen molar-refractivity contribution >= 4 is 28.2 Å². The molecule has 2 fully saturated rings. The van der Waals surface area contributed by atoms with Crippen molar-refractivity contribution in [1.82, 2.24) is 9.88 Å². The average Bonchev–Trinajstić information content (AvgIpc) is 3.18. The summed E-state index contributed by atoms with van der Waals surface area (Å²) >= 11 is 1.45. The van der Waals surface area contributed by atoms with Crippen LogP contribution in [0.3, 0.4) is 0 Å². The van der Waals surface area contributed by atoms with E-state index in [-0.39, 0.29) is 5.91 Å². The van der Waals surface area contributed by atoms with Gasteiger partial charge in [-0.2, -0.15) is 0 Å². The van der Waals surface area contributed by atoms with Crippen LogP contribution in [0.2, 0.25) is 0 Å². The molecule has 21 heavy (non-hydrogen) atoms. The van der Waals surface area contributed by atoms with Crippen molar-refractivity contribution in [1.29, 1.82) is 0 Å². The first-order chi connectivity index (χ1) is 10.1. The van der Waals surface area contributed by atoms with Crippen molar-refractivity contribution in [3.63, 3.8) is 0 Å². The van der Waals surface area contributed by atoms with Gasteiger partial charge in [-0.25, -0.2) is 4.98 Å². The Balaban J connectivity index is 1.68. The highest BCUT2D eigenvalue weighted by molar-refractivity contribution is 7.18. The Morgan fingerprint density at radius 2 is 2.00 bits per heavy atom. The number of amides is 1. The lowest BCUT2D eigenvalue weighted by Gasteiger charge is -2.20. The fourth-order valence-electron chi connectivity index (χ4n) is 3.35. The molecule has 116 valence electrons. The second-order valence-corrected chi connectivity index (χ2v) is 7.22. The maximum atomic E-state index is 12.6. The first-order valence-electron chi connectivity index (χ1n) is 7.92. The molecule has 0 radical (unpaired) electrons. The van der Waals surface area contributed by atoms with Gasteiger partial charge in [-0.1, -0.05) is 24.2 Å². The van der Waals surface area contributed by atoms with Gasteiger partial charge in [-0.05, 0) is 31.6 Å². The van der Waals surface area contributed by atoms with Crippen molar-refractivity contribution in [2.45, 2.75) is 38.5 Å². The number of hydrogen-bond donors (Lipinski definition) is 1. The van der Waals surface area contributed by atoms with Crippen LogP contribution in [0.25, 0.3) is 0 Å². The normalized spacial score (nSPS) is 19.4. The second kappa shape index (κ2) is 6.22. The van der Waals surface area contributed by atoms with Gasteiger partial charge in [0.25, 0.3) is 5.91 Å². The van der Waals surface area contributed by atoms with Gasteiger partial charge < -0.3 is 15.5 Å². The molecule has 1 aromatic heterocycles. The molecule has 6 heteroatoms. The lowest BCUT2D eigenvalue weighted by Crippen LogP contribution is -2.31. The zero-order valence-electron chi connectivity index (χ0n) is 12.7. The smallest absolute Gasteiger partial charge is 0.267 e. The van der Waals surface area contributed by atoms with E-state index >= 15 is 0 Å². The molecule has 1 saturated heterocycles. The van der Waals surface area contributed by atoms with Crippen LogP contribution in [-0.2, 0) is 0 Å². The first kappa shape index (κ1) is 14.6. The lowest BCUT2D eigenvalue weighted by atomic mass is 10.1. The van der Waals surface area contributed by atoms with Crippen LogP contribution in [0.4, 0.5) is 10.9 Å². The van der Waals surface area contributed by atoms with Crippen molar-refractivity contribution in [3.8, 4) is 0 Å². The monoisotopic (exact) mass is 308 g/mol. The van der Waals surface area contributed by atoms with Gasteiger partial charge in [0.05, 0.1) is 0 Å². The molecule has 0 atom stereocenters. The predicted octanol–water partition coefficient (Wildman–Crippen LogP) is 2.59. The van der Waals surface area contributed by atoms with Gasteiger partial charge in [-0.3, -0.25) is 4.79 Å². The van der Waals surface area contributed by atoms with Gasteiger partial charge in [0.15, 0.2) is 5.13 Å². The Morgan fingerprint density at radius 1 is 1.33 bits per heavy atom. The molecule has 1 amide bonds. The number of nitrogen functional groups attached to an aromatic ring is 1. The molecular weight excluding hydrogens is 284 g/mol. The van der Waals surface area contributed by atoms with E-state index in [0.29, 0.717) is 16.6 Å². The largest absolute Gasteiger partial charge is 0.382 e. The van der Waals surface area contributed by atoms with Crippen molar-refractivity contribution in [2.75, 3.05) is 37.3 Å². The molecule has 1 aliphatic carbocycles. The molecule has 1 saturated carbocycles. The maximum Gasteiger partial charge on any atom is 0.267 e. The standard InChI is InChI=1S/C15H24N4OS/c1-18(10-11-6-2-3-7-11)14(20)12-13(16)17-15(21-12)19-8-4-5-9-19/h11H,2-10,16H2,1H3. The molecule has 0 aromatic carbocycles. The summed E-state index contributed by atoms with van der Waals surface area (Å²) in [4.78, 5) is 21.6. The zero-order chi connectivity index (χ0) is 14.8. The van der Waals surface area contributed by atoms with Gasteiger partial charge in [-0.15, -0.1) is 0 Å². The highest BCUT2D eigenvalue weighted by Crippen LogP contribution is 2.32. The minimum Gasteiger partial charge on any atom is -0.382 e. The number of aromatic nitrogens is 1. The SMILES string of the molecule is CN(CC1CCCC1)C(=O)c1sc(N2CCCC2)nc1N. The summed E-state index contributed by atoms with van der Waals surface area (Å²) in [6, 6.07) is 0. The minimum atomic E-state index is 0.0300. The molecule has 1 aliphatic heterocycles. The van der Waals surface area contributed by atoms with Crippen LogP contribution in [0.15, 0.2) is 0 Å². The van der Waals surface area contributed by atoms with Gasteiger partial charge in [0, 0.05) is 26.7 Å². The van der Waals surface area contributed by atoms with Crippen molar-refractivity contribution < 1.29 is 4.79 Å². The van der Waals surface area contributed by atoms with Crippen LogP contribution in [0.1, 0.15) is 48.2 Å². The molecule has 0 unspecified atom stereocenters. The number of nitrogens with zero attached hydrogens (tertiary/aromatic N) is 3. The third-order valence-electron chi connectivity index (χ3n) is 4.57. The number of nitrogens with two attached hydrogens (primary N) is 1. The summed E-state index contributed by atoms with van der Waals surface area (Å²) in [6.07, 6.45) is 7.49. The molecule has 5 nitrogen and oxygen atoms in total. The lowest BCUT2D eigenvalue weighted by molar-refractivity contribution is 0.0779.